The van der Waals surface area contributed by atoms with Gasteiger partial charge in [-0.3, -0.25) is 9.89 Å². The number of amides is 1. The Morgan fingerprint density at radius 2 is 1.75 bits per heavy atom. The number of phenolic OH excluding ortho intramolecular Hbond substituents is 1. The maximum atomic E-state index is 12.8. The van der Waals surface area contributed by atoms with Crippen molar-refractivity contribution in [1.82, 2.24) is 15.1 Å². The van der Waals surface area contributed by atoms with Crippen molar-refractivity contribution < 1.29 is 15.0 Å². The number of carbonyl (C=O) groups is 1. The van der Waals surface area contributed by atoms with Crippen LogP contribution in [0.15, 0.2) is 54.6 Å². The second kappa shape index (κ2) is 7.48. The SMILES string of the molecule is Cc1cc(C[C@@H]2CN(C(=O)c3ccc(-c4ccc(O)cc4)cc3)C[C@H]2O)n[nH]1. The molecule has 1 saturated heterocycles. The minimum absolute atomic E-state index is 0.0112. The third kappa shape index (κ3) is 3.77. The molecule has 0 unspecified atom stereocenters. The number of carbonyl (C=O) groups excluding carboxylic acids is 1. The predicted molar refractivity (Wildman–Crippen MR) is 106 cm³/mol. The molecule has 0 bridgehead atoms. The number of β-amino-alcohol motifs (C(OH)–C–C–N with tert-alkyl or cyclic N) is 1. The third-order valence-corrected chi connectivity index (χ3v) is 5.26. The predicted octanol–water partition coefficient (Wildman–Crippen LogP) is 2.77. The average Bonchev–Trinajstić information content (AvgIpc) is 3.28. The van der Waals surface area contributed by atoms with E-state index in [1.165, 1.54) is 0 Å². The number of H-pyrrole nitrogens is 1. The number of aromatic amines is 1. The number of hydrogen-bond donors (Lipinski definition) is 3. The number of aromatic nitrogens is 2. The van der Waals surface area contributed by atoms with E-state index < -0.39 is 6.10 Å². The zero-order valence-corrected chi connectivity index (χ0v) is 15.7. The van der Waals surface area contributed by atoms with E-state index in [0.717, 1.165) is 22.5 Å². The van der Waals surface area contributed by atoms with Crippen LogP contribution >= 0.6 is 0 Å². The molecule has 4 rings (SSSR count). The molecule has 0 radical (unpaired) electrons. The number of rotatable bonds is 4. The molecule has 2 aromatic carbocycles. The molecule has 0 aliphatic carbocycles. The lowest BCUT2D eigenvalue weighted by Gasteiger charge is -2.16. The molecule has 6 nitrogen and oxygen atoms in total. The average molecular weight is 377 g/mol. The zero-order chi connectivity index (χ0) is 19.7. The summed E-state index contributed by atoms with van der Waals surface area (Å²) in [5.74, 6) is 0.141. The van der Waals surface area contributed by atoms with E-state index in [1.54, 1.807) is 29.2 Å². The topological polar surface area (TPSA) is 89.5 Å². The van der Waals surface area contributed by atoms with Crippen LogP contribution in [0.25, 0.3) is 11.1 Å². The van der Waals surface area contributed by atoms with Crippen LogP contribution in [0, 0.1) is 12.8 Å². The highest BCUT2D eigenvalue weighted by Crippen LogP contribution is 2.25. The Labute approximate surface area is 163 Å². The third-order valence-electron chi connectivity index (χ3n) is 5.26. The highest BCUT2D eigenvalue weighted by atomic mass is 16.3. The van der Waals surface area contributed by atoms with Crippen LogP contribution < -0.4 is 0 Å². The molecule has 1 aliphatic heterocycles. The van der Waals surface area contributed by atoms with Crippen molar-refractivity contribution in [1.29, 1.82) is 0 Å². The van der Waals surface area contributed by atoms with E-state index >= 15 is 0 Å². The molecule has 28 heavy (non-hydrogen) atoms. The summed E-state index contributed by atoms with van der Waals surface area (Å²) in [7, 11) is 0. The van der Waals surface area contributed by atoms with Gasteiger partial charge in [0, 0.05) is 30.3 Å². The van der Waals surface area contributed by atoms with Crippen molar-refractivity contribution in [2.24, 2.45) is 5.92 Å². The van der Waals surface area contributed by atoms with Crippen molar-refractivity contribution in [3.05, 3.63) is 71.5 Å². The van der Waals surface area contributed by atoms with E-state index in [-0.39, 0.29) is 17.6 Å². The normalized spacial score (nSPS) is 19.1. The van der Waals surface area contributed by atoms with Crippen molar-refractivity contribution in [3.8, 4) is 16.9 Å². The van der Waals surface area contributed by atoms with Gasteiger partial charge in [-0.1, -0.05) is 24.3 Å². The van der Waals surface area contributed by atoms with Crippen LogP contribution in [-0.4, -0.2) is 50.4 Å². The summed E-state index contributed by atoms with van der Waals surface area (Å²) in [6.45, 7) is 2.80. The Balaban J connectivity index is 1.43. The van der Waals surface area contributed by atoms with Crippen molar-refractivity contribution in [2.75, 3.05) is 13.1 Å². The number of benzene rings is 2. The summed E-state index contributed by atoms with van der Waals surface area (Å²) in [5, 5.41) is 26.9. The molecule has 1 fully saturated rings. The monoisotopic (exact) mass is 377 g/mol. The molecule has 6 heteroatoms. The van der Waals surface area contributed by atoms with Gasteiger partial charge in [0.2, 0.25) is 0 Å². The second-order valence-corrected chi connectivity index (χ2v) is 7.41. The first-order valence-electron chi connectivity index (χ1n) is 9.37. The molecule has 0 spiro atoms. The fourth-order valence-corrected chi connectivity index (χ4v) is 3.71. The fraction of sp³-hybridized carbons (Fsp3) is 0.273. The lowest BCUT2D eigenvalue weighted by molar-refractivity contribution is 0.0764. The molecule has 0 saturated carbocycles. The van der Waals surface area contributed by atoms with Crippen molar-refractivity contribution in [2.45, 2.75) is 19.4 Å². The number of phenols is 1. The van der Waals surface area contributed by atoms with Crippen LogP contribution in [-0.2, 0) is 6.42 Å². The van der Waals surface area contributed by atoms with Gasteiger partial charge in [0.15, 0.2) is 0 Å². The van der Waals surface area contributed by atoms with Gasteiger partial charge >= 0.3 is 0 Å². The Morgan fingerprint density at radius 3 is 2.36 bits per heavy atom. The van der Waals surface area contributed by atoms with Crippen LogP contribution in [0.5, 0.6) is 5.75 Å². The smallest absolute Gasteiger partial charge is 0.253 e. The summed E-state index contributed by atoms with van der Waals surface area (Å²) < 4.78 is 0. The lowest BCUT2D eigenvalue weighted by Crippen LogP contribution is -2.29. The number of aliphatic hydroxyl groups excluding tert-OH is 1. The van der Waals surface area contributed by atoms with Crippen LogP contribution in [0.1, 0.15) is 21.7 Å². The Kier molecular flexibility index (Phi) is 4.88. The largest absolute Gasteiger partial charge is 0.508 e. The number of aliphatic hydroxyl groups is 1. The minimum Gasteiger partial charge on any atom is -0.508 e. The molecule has 3 N–H and O–H groups in total. The molecule has 2 heterocycles. The molecular formula is C22H23N3O3. The number of nitrogens with one attached hydrogen (secondary N) is 1. The Hall–Kier alpha value is -3.12. The first-order valence-corrected chi connectivity index (χ1v) is 9.37. The summed E-state index contributed by atoms with van der Waals surface area (Å²) in [6, 6.07) is 16.3. The Morgan fingerprint density at radius 1 is 1.11 bits per heavy atom. The van der Waals surface area contributed by atoms with Gasteiger partial charge in [-0.15, -0.1) is 0 Å². The summed E-state index contributed by atoms with van der Waals surface area (Å²) in [4.78, 5) is 14.6. The zero-order valence-electron chi connectivity index (χ0n) is 15.7. The van der Waals surface area contributed by atoms with Gasteiger partial charge in [-0.25, -0.2) is 0 Å². The minimum atomic E-state index is -0.544. The number of likely N-dealkylation sites (tertiary alicyclic amines) is 1. The van der Waals surface area contributed by atoms with Crippen molar-refractivity contribution >= 4 is 5.91 Å². The molecule has 1 aliphatic rings. The standard InChI is InChI=1S/C22H23N3O3/c1-14-10-19(24-23-14)11-18-12-25(13-21(18)27)22(28)17-4-2-15(3-5-17)16-6-8-20(26)9-7-16/h2-10,18,21,26-27H,11-13H2,1H3,(H,23,24)/t18-,21-/m1/s1. The maximum absolute atomic E-state index is 12.8. The van der Waals surface area contributed by atoms with Crippen molar-refractivity contribution in [3.63, 3.8) is 0 Å². The van der Waals surface area contributed by atoms with Gasteiger partial charge in [0.25, 0.3) is 5.91 Å². The summed E-state index contributed by atoms with van der Waals surface area (Å²) in [5.41, 5.74) is 4.46. The van der Waals surface area contributed by atoms with Crippen LogP contribution in [0.2, 0.25) is 0 Å². The number of aryl methyl sites for hydroxylation is 1. The van der Waals surface area contributed by atoms with E-state index in [1.807, 2.05) is 37.3 Å². The molecule has 2 atom stereocenters. The second-order valence-electron chi connectivity index (χ2n) is 7.41. The molecule has 1 aromatic heterocycles. The highest BCUT2D eigenvalue weighted by molar-refractivity contribution is 5.95. The van der Waals surface area contributed by atoms with Gasteiger partial charge in [0.05, 0.1) is 11.8 Å². The first-order chi connectivity index (χ1) is 13.5. The lowest BCUT2D eigenvalue weighted by atomic mass is 10.00. The first kappa shape index (κ1) is 18.3. The van der Waals surface area contributed by atoms with E-state index in [2.05, 4.69) is 10.2 Å². The number of hydrogen-bond acceptors (Lipinski definition) is 4. The fourth-order valence-electron chi connectivity index (χ4n) is 3.71. The molecule has 3 aromatic rings. The number of aromatic hydroxyl groups is 1. The van der Waals surface area contributed by atoms with Crippen LogP contribution in [0.4, 0.5) is 0 Å². The summed E-state index contributed by atoms with van der Waals surface area (Å²) in [6.07, 6.45) is 0.104. The number of nitrogens with zero attached hydrogens (tertiary/aromatic N) is 2. The molecule has 1 amide bonds. The van der Waals surface area contributed by atoms with Crippen LogP contribution in [0.3, 0.4) is 0 Å². The maximum Gasteiger partial charge on any atom is 0.253 e. The van der Waals surface area contributed by atoms with Gasteiger partial charge in [0.1, 0.15) is 5.75 Å². The van der Waals surface area contributed by atoms with Gasteiger partial charge in [-0.05, 0) is 54.8 Å². The highest BCUT2D eigenvalue weighted by Gasteiger charge is 2.34. The van der Waals surface area contributed by atoms with Gasteiger partial charge < -0.3 is 15.1 Å². The van der Waals surface area contributed by atoms with E-state index in [0.29, 0.717) is 25.1 Å². The summed E-state index contributed by atoms with van der Waals surface area (Å²) >= 11 is 0. The Bertz CT molecular complexity index is 963. The van der Waals surface area contributed by atoms with Gasteiger partial charge in [-0.2, -0.15) is 5.10 Å². The molecular weight excluding hydrogens is 354 g/mol. The van der Waals surface area contributed by atoms with E-state index in [9.17, 15) is 15.0 Å². The van der Waals surface area contributed by atoms with E-state index in [4.69, 9.17) is 0 Å². The quantitative estimate of drug-likeness (QED) is 0.652. The molecule has 144 valence electrons.